The lowest BCUT2D eigenvalue weighted by molar-refractivity contribution is -0.118. The number of aromatic nitrogens is 1. The average molecular weight is 437 g/mol. The molecule has 160 valence electrons. The third-order valence-corrected chi connectivity index (χ3v) is 4.93. The van der Waals surface area contributed by atoms with Crippen molar-refractivity contribution in [2.75, 3.05) is 10.6 Å². The van der Waals surface area contributed by atoms with Crippen molar-refractivity contribution in [3.8, 4) is 0 Å². The third-order valence-electron chi connectivity index (χ3n) is 4.68. The van der Waals surface area contributed by atoms with E-state index in [-0.39, 0.29) is 5.56 Å². The molecule has 31 heavy (non-hydrogen) atoms. The van der Waals surface area contributed by atoms with Crippen molar-refractivity contribution < 1.29 is 9.59 Å². The lowest BCUT2D eigenvalue weighted by atomic mass is 10.0. The number of allylic oxidation sites excluding steroid dienone is 1. The Bertz CT molecular complexity index is 1180. The number of benzene rings is 2. The van der Waals surface area contributed by atoms with E-state index in [4.69, 9.17) is 16.9 Å². The van der Waals surface area contributed by atoms with Crippen LogP contribution in [0.25, 0.3) is 10.9 Å². The predicted octanol–water partition coefficient (Wildman–Crippen LogP) is 3.00. The van der Waals surface area contributed by atoms with Crippen LogP contribution in [0.1, 0.15) is 22.8 Å². The molecular formula is C22H24N6O2S. The minimum absolute atomic E-state index is 0.250. The van der Waals surface area contributed by atoms with Crippen LogP contribution in [0.2, 0.25) is 0 Å². The molecule has 0 unspecified atom stereocenters. The molecule has 2 aromatic carbocycles. The maximum absolute atomic E-state index is 12.1. The summed E-state index contributed by atoms with van der Waals surface area (Å²) in [7, 11) is 0. The topological polar surface area (TPSA) is 150 Å². The Labute approximate surface area is 185 Å². The Morgan fingerprint density at radius 2 is 1.97 bits per heavy atom. The number of amides is 2. The number of nitrogens with two attached hydrogens (primary N) is 2. The fourth-order valence-corrected chi connectivity index (χ4v) is 3.59. The summed E-state index contributed by atoms with van der Waals surface area (Å²) in [6, 6.07) is 12.0. The van der Waals surface area contributed by atoms with Crippen LogP contribution in [0.5, 0.6) is 0 Å². The Balaban J connectivity index is 1.87. The van der Waals surface area contributed by atoms with Gasteiger partial charge in [0.1, 0.15) is 6.04 Å². The number of rotatable bonds is 9. The molecule has 8 nitrogen and oxygen atoms in total. The summed E-state index contributed by atoms with van der Waals surface area (Å²) >= 11 is 4.29. The molecule has 1 atom stereocenters. The van der Waals surface area contributed by atoms with Gasteiger partial charge in [0.25, 0.3) is 5.91 Å². The van der Waals surface area contributed by atoms with Crippen molar-refractivity contribution in [2.45, 2.75) is 19.4 Å². The summed E-state index contributed by atoms with van der Waals surface area (Å²) in [6.07, 6.45) is 3.74. The second kappa shape index (κ2) is 9.40. The van der Waals surface area contributed by atoms with Gasteiger partial charge in [0.15, 0.2) is 0 Å². The first-order valence-corrected chi connectivity index (χ1v) is 9.97. The highest BCUT2D eigenvalue weighted by Crippen LogP contribution is 2.25. The Hall–Kier alpha value is -3.72. The second-order valence-corrected chi connectivity index (χ2v) is 7.61. The number of hydrogen-bond donors (Lipinski definition) is 7. The van der Waals surface area contributed by atoms with Gasteiger partial charge in [-0.2, -0.15) is 0 Å². The molecule has 2 amide bonds. The predicted molar refractivity (Wildman–Crippen MR) is 128 cm³/mol. The van der Waals surface area contributed by atoms with Crippen LogP contribution in [0.3, 0.4) is 0 Å². The van der Waals surface area contributed by atoms with Crippen LogP contribution >= 0.6 is 12.6 Å². The number of anilines is 2. The van der Waals surface area contributed by atoms with E-state index >= 15 is 0 Å². The van der Waals surface area contributed by atoms with Crippen LogP contribution < -0.4 is 22.1 Å². The first kappa shape index (κ1) is 22.0. The number of fused-ring (bicyclic) bond motifs is 1. The molecule has 0 fully saturated rings. The quantitative estimate of drug-likeness (QED) is 0.204. The molecule has 0 saturated carbocycles. The first-order chi connectivity index (χ1) is 14.7. The van der Waals surface area contributed by atoms with E-state index in [1.807, 2.05) is 30.5 Å². The average Bonchev–Trinajstić information content (AvgIpc) is 3.09. The second-order valence-electron chi connectivity index (χ2n) is 7.13. The van der Waals surface area contributed by atoms with Gasteiger partial charge in [-0.05, 0) is 42.8 Å². The molecule has 0 bridgehead atoms. The van der Waals surface area contributed by atoms with E-state index in [1.54, 1.807) is 25.1 Å². The zero-order chi connectivity index (χ0) is 22.5. The van der Waals surface area contributed by atoms with Crippen molar-refractivity contribution in [1.29, 1.82) is 5.41 Å². The van der Waals surface area contributed by atoms with Gasteiger partial charge in [0.2, 0.25) is 5.91 Å². The van der Waals surface area contributed by atoms with Gasteiger partial charge in [-0.25, -0.2) is 0 Å². The normalized spacial score (nSPS) is 12.4. The minimum atomic E-state index is -0.679. The number of carbonyl (C=O) groups excluding carboxylic acids is 2. The monoisotopic (exact) mass is 436 g/mol. The fourth-order valence-electron chi connectivity index (χ4n) is 3.28. The van der Waals surface area contributed by atoms with Gasteiger partial charge in [0.05, 0.1) is 16.3 Å². The Kier molecular flexibility index (Phi) is 6.66. The molecule has 0 spiro atoms. The van der Waals surface area contributed by atoms with Crippen LogP contribution in [0, 0.1) is 5.41 Å². The van der Waals surface area contributed by atoms with E-state index in [1.165, 1.54) is 6.08 Å². The van der Waals surface area contributed by atoms with E-state index < -0.39 is 17.9 Å². The number of thiol groups is 1. The molecule has 3 aromatic rings. The molecule has 0 aliphatic heterocycles. The maximum atomic E-state index is 12.1. The highest BCUT2D eigenvalue weighted by molar-refractivity contribution is 7.84. The van der Waals surface area contributed by atoms with E-state index in [0.29, 0.717) is 28.5 Å². The highest BCUT2D eigenvalue weighted by atomic mass is 32.1. The summed E-state index contributed by atoms with van der Waals surface area (Å²) in [5.41, 5.74) is 14.6. The molecule has 3 rings (SSSR count). The number of H-pyrrole nitrogens is 1. The van der Waals surface area contributed by atoms with Crippen molar-refractivity contribution in [3.05, 3.63) is 70.9 Å². The van der Waals surface area contributed by atoms with Crippen molar-refractivity contribution in [3.63, 3.8) is 0 Å². The fraction of sp³-hybridized carbons (Fsp3) is 0.136. The first-order valence-electron chi connectivity index (χ1n) is 9.52. The molecule has 8 N–H and O–H groups in total. The van der Waals surface area contributed by atoms with Gasteiger partial charge in [-0.15, -0.1) is 12.6 Å². The standard InChI is InChI=1S/C22H24N6O2S/c1-12(23)8-20(31)28-18-10-14(6-7-16(18)21(24)29)27-19(22(25)30)9-13-11-26-17-5-3-2-4-15(13)17/h2-8,10-11,19,23,26-28,31H,9H2,1H3,(H2,24,29)(H2,25,30)/b20-8-,23-12?/t19-/m1/s1. The third kappa shape index (κ3) is 5.46. The summed E-state index contributed by atoms with van der Waals surface area (Å²) in [5.74, 6) is -1.13. The highest BCUT2D eigenvalue weighted by Gasteiger charge is 2.19. The number of carbonyl (C=O) groups is 2. The van der Waals surface area contributed by atoms with Gasteiger partial charge >= 0.3 is 0 Å². The minimum Gasteiger partial charge on any atom is -0.373 e. The maximum Gasteiger partial charge on any atom is 0.250 e. The Morgan fingerprint density at radius 1 is 1.23 bits per heavy atom. The van der Waals surface area contributed by atoms with Crippen LogP contribution in [-0.2, 0) is 11.2 Å². The zero-order valence-corrected chi connectivity index (χ0v) is 17.8. The van der Waals surface area contributed by atoms with E-state index in [9.17, 15) is 9.59 Å². The molecule has 1 heterocycles. The lowest BCUT2D eigenvalue weighted by Gasteiger charge is -2.18. The van der Waals surface area contributed by atoms with E-state index in [0.717, 1.165) is 16.5 Å². The number of aromatic amines is 1. The van der Waals surface area contributed by atoms with Crippen LogP contribution in [0.4, 0.5) is 11.4 Å². The summed E-state index contributed by atoms with van der Waals surface area (Å²) in [4.78, 5) is 27.1. The molecule has 0 saturated heterocycles. The summed E-state index contributed by atoms with van der Waals surface area (Å²) < 4.78 is 0. The smallest absolute Gasteiger partial charge is 0.250 e. The number of primary amides is 2. The number of para-hydroxylation sites is 1. The SMILES string of the molecule is CC(=N)/C=C(\S)Nc1cc(N[C@H](Cc2c[nH]c3ccccc23)C(N)=O)ccc1C(N)=O. The zero-order valence-electron chi connectivity index (χ0n) is 16.9. The molecule has 0 aliphatic rings. The molecule has 0 aliphatic carbocycles. The lowest BCUT2D eigenvalue weighted by Crippen LogP contribution is -2.37. The summed E-state index contributed by atoms with van der Waals surface area (Å²) in [5, 5.41) is 15.0. The van der Waals surface area contributed by atoms with Crippen molar-refractivity contribution in [1.82, 2.24) is 4.98 Å². The summed E-state index contributed by atoms with van der Waals surface area (Å²) in [6.45, 7) is 1.60. The largest absolute Gasteiger partial charge is 0.373 e. The van der Waals surface area contributed by atoms with Crippen LogP contribution in [0.15, 0.2) is 59.8 Å². The van der Waals surface area contributed by atoms with Gasteiger partial charge in [-0.1, -0.05) is 18.2 Å². The van der Waals surface area contributed by atoms with Crippen molar-refractivity contribution >= 4 is 52.4 Å². The number of hydrogen-bond acceptors (Lipinski definition) is 6. The number of nitrogens with one attached hydrogen (secondary N) is 4. The molecule has 0 radical (unpaired) electrons. The molecule has 9 heteroatoms. The van der Waals surface area contributed by atoms with Gasteiger partial charge < -0.3 is 32.5 Å². The van der Waals surface area contributed by atoms with Crippen molar-refractivity contribution in [2.24, 2.45) is 11.5 Å². The Morgan fingerprint density at radius 3 is 2.65 bits per heavy atom. The van der Waals surface area contributed by atoms with Gasteiger partial charge in [-0.3, -0.25) is 9.59 Å². The molecule has 1 aromatic heterocycles. The van der Waals surface area contributed by atoms with Gasteiger partial charge in [0, 0.05) is 34.9 Å². The van der Waals surface area contributed by atoms with Crippen LogP contribution in [-0.4, -0.2) is 28.6 Å². The molecular weight excluding hydrogens is 412 g/mol. The van der Waals surface area contributed by atoms with E-state index in [2.05, 4.69) is 28.2 Å².